The lowest BCUT2D eigenvalue weighted by atomic mass is 9.83. The zero-order valence-corrected chi connectivity index (χ0v) is 14.6. The molecule has 0 aliphatic carbocycles. The highest BCUT2D eigenvalue weighted by molar-refractivity contribution is 6.33. The first kappa shape index (κ1) is 16.4. The molecule has 2 bridgehead atoms. The summed E-state index contributed by atoms with van der Waals surface area (Å²) < 4.78 is 1.90. The predicted octanol–water partition coefficient (Wildman–Crippen LogP) is 2.56. The summed E-state index contributed by atoms with van der Waals surface area (Å²) in [6, 6.07) is 12.7. The SMILES string of the molecule is O=C(CN1C[C@@H]2C[C@H](C1)c1cccc(=O)n1C2)Nc1ccccc1Cl. The van der Waals surface area contributed by atoms with Gasteiger partial charge in [0.05, 0.1) is 17.3 Å². The number of pyridine rings is 1. The van der Waals surface area contributed by atoms with Crippen molar-refractivity contribution in [3.8, 4) is 0 Å². The van der Waals surface area contributed by atoms with Gasteiger partial charge in [-0.1, -0.05) is 29.8 Å². The van der Waals surface area contributed by atoms with Gasteiger partial charge in [0.15, 0.2) is 0 Å². The maximum Gasteiger partial charge on any atom is 0.250 e. The number of hydrogen-bond donors (Lipinski definition) is 1. The number of carbonyl (C=O) groups is 1. The highest BCUT2D eigenvalue weighted by Gasteiger charge is 2.34. The van der Waals surface area contributed by atoms with E-state index in [1.54, 1.807) is 18.2 Å². The molecule has 4 rings (SSSR count). The molecule has 3 heterocycles. The second-order valence-corrected chi connectivity index (χ2v) is 7.33. The number of halogens is 1. The third-order valence-electron chi connectivity index (χ3n) is 5.07. The van der Waals surface area contributed by atoms with E-state index < -0.39 is 0 Å². The van der Waals surface area contributed by atoms with E-state index in [4.69, 9.17) is 11.6 Å². The van der Waals surface area contributed by atoms with Crippen LogP contribution in [0.3, 0.4) is 0 Å². The summed E-state index contributed by atoms with van der Waals surface area (Å²) in [5, 5.41) is 3.43. The van der Waals surface area contributed by atoms with Crippen molar-refractivity contribution in [2.75, 3.05) is 25.0 Å². The van der Waals surface area contributed by atoms with Gasteiger partial charge in [-0.2, -0.15) is 0 Å². The van der Waals surface area contributed by atoms with Crippen LogP contribution in [0.5, 0.6) is 0 Å². The Labute approximate surface area is 151 Å². The number of benzene rings is 1. The summed E-state index contributed by atoms with van der Waals surface area (Å²) in [4.78, 5) is 26.6. The molecule has 25 heavy (non-hydrogen) atoms. The van der Waals surface area contributed by atoms with Crippen LogP contribution < -0.4 is 10.9 Å². The van der Waals surface area contributed by atoms with Gasteiger partial charge in [-0.05, 0) is 30.5 Å². The van der Waals surface area contributed by atoms with Crippen molar-refractivity contribution in [3.63, 3.8) is 0 Å². The molecule has 2 atom stereocenters. The molecule has 1 amide bonds. The van der Waals surface area contributed by atoms with E-state index in [0.717, 1.165) is 31.7 Å². The number of piperidine rings is 1. The van der Waals surface area contributed by atoms with Gasteiger partial charge in [0, 0.05) is 37.3 Å². The van der Waals surface area contributed by atoms with Gasteiger partial charge in [-0.15, -0.1) is 0 Å². The molecule has 0 spiro atoms. The largest absolute Gasteiger partial charge is 0.324 e. The van der Waals surface area contributed by atoms with E-state index in [1.807, 2.05) is 28.8 Å². The molecule has 0 radical (unpaired) electrons. The molecular weight excluding hydrogens is 338 g/mol. The number of rotatable bonds is 3. The average molecular weight is 358 g/mol. The van der Waals surface area contributed by atoms with Crippen LogP contribution in [0.1, 0.15) is 18.0 Å². The summed E-state index contributed by atoms with van der Waals surface area (Å²) in [5.74, 6) is 0.674. The predicted molar refractivity (Wildman–Crippen MR) is 98.1 cm³/mol. The fourth-order valence-electron chi connectivity index (χ4n) is 4.08. The van der Waals surface area contributed by atoms with Gasteiger partial charge >= 0.3 is 0 Å². The molecule has 1 aromatic heterocycles. The summed E-state index contributed by atoms with van der Waals surface area (Å²) in [6.07, 6.45) is 1.09. The Hall–Kier alpha value is -2.11. The summed E-state index contributed by atoms with van der Waals surface area (Å²) in [6.45, 7) is 2.73. The van der Waals surface area contributed by atoms with Crippen molar-refractivity contribution >= 4 is 23.2 Å². The van der Waals surface area contributed by atoms with Crippen LogP contribution in [0.25, 0.3) is 0 Å². The topological polar surface area (TPSA) is 54.3 Å². The molecule has 2 aromatic rings. The van der Waals surface area contributed by atoms with E-state index in [9.17, 15) is 9.59 Å². The molecule has 0 saturated carbocycles. The first-order chi connectivity index (χ1) is 12.1. The normalized spacial score (nSPS) is 22.3. The lowest BCUT2D eigenvalue weighted by molar-refractivity contribution is -0.117. The fraction of sp³-hybridized carbons (Fsp3) is 0.368. The summed E-state index contributed by atoms with van der Waals surface area (Å²) in [5.41, 5.74) is 1.82. The van der Waals surface area contributed by atoms with E-state index in [0.29, 0.717) is 29.1 Å². The number of likely N-dealkylation sites (tertiary alicyclic amines) is 1. The van der Waals surface area contributed by atoms with Gasteiger partial charge in [-0.3, -0.25) is 14.5 Å². The highest BCUT2D eigenvalue weighted by Crippen LogP contribution is 2.34. The number of fused-ring (bicyclic) bond motifs is 4. The Kier molecular flexibility index (Phi) is 4.36. The summed E-state index contributed by atoms with van der Waals surface area (Å²) in [7, 11) is 0. The number of nitrogens with one attached hydrogen (secondary N) is 1. The second-order valence-electron chi connectivity index (χ2n) is 6.92. The number of aromatic nitrogens is 1. The van der Waals surface area contributed by atoms with Crippen molar-refractivity contribution in [3.05, 3.63) is 63.5 Å². The number of amides is 1. The van der Waals surface area contributed by atoms with E-state index in [2.05, 4.69) is 10.2 Å². The molecule has 1 aromatic carbocycles. The van der Waals surface area contributed by atoms with Crippen molar-refractivity contribution in [1.82, 2.24) is 9.47 Å². The molecule has 2 aliphatic heterocycles. The maximum absolute atomic E-state index is 12.4. The zero-order chi connectivity index (χ0) is 17.4. The monoisotopic (exact) mass is 357 g/mol. The van der Waals surface area contributed by atoms with Crippen LogP contribution in [-0.2, 0) is 11.3 Å². The maximum atomic E-state index is 12.4. The Morgan fingerprint density at radius 1 is 1.12 bits per heavy atom. The number of nitrogens with zero attached hydrogens (tertiary/aromatic N) is 2. The van der Waals surface area contributed by atoms with Gasteiger partial charge in [-0.25, -0.2) is 0 Å². The lowest BCUT2D eigenvalue weighted by Crippen LogP contribution is -2.49. The van der Waals surface area contributed by atoms with E-state index in [-0.39, 0.29) is 11.5 Å². The second kappa shape index (κ2) is 6.65. The van der Waals surface area contributed by atoms with Crippen molar-refractivity contribution in [1.29, 1.82) is 0 Å². The number of hydrogen-bond acceptors (Lipinski definition) is 3. The van der Waals surface area contributed by atoms with Crippen LogP contribution in [-0.4, -0.2) is 35.0 Å². The standard InChI is InChI=1S/C19H20ClN3O2/c20-15-4-1-2-5-16(15)21-18(24)12-22-9-13-8-14(11-22)17-6-3-7-19(25)23(17)10-13/h1-7,13-14H,8-12H2,(H,21,24)/t13-,14+/m0/s1. The highest BCUT2D eigenvalue weighted by atomic mass is 35.5. The number of anilines is 1. The minimum atomic E-state index is -0.0569. The minimum absolute atomic E-state index is 0.0569. The molecule has 1 N–H and O–H groups in total. The van der Waals surface area contributed by atoms with E-state index >= 15 is 0 Å². The van der Waals surface area contributed by atoms with Gasteiger partial charge in [0.1, 0.15) is 0 Å². The Bertz CT molecular complexity index is 864. The average Bonchev–Trinajstić information content (AvgIpc) is 2.58. The zero-order valence-electron chi connectivity index (χ0n) is 13.8. The van der Waals surface area contributed by atoms with Gasteiger partial charge in [0.25, 0.3) is 5.56 Å². The van der Waals surface area contributed by atoms with Crippen LogP contribution in [0.4, 0.5) is 5.69 Å². The Morgan fingerprint density at radius 3 is 2.80 bits per heavy atom. The minimum Gasteiger partial charge on any atom is -0.324 e. The summed E-state index contributed by atoms with van der Waals surface area (Å²) >= 11 is 6.10. The van der Waals surface area contributed by atoms with Crippen LogP contribution in [0.15, 0.2) is 47.3 Å². The molecule has 0 unspecified atom stereocenters. The number of para-hydroxylation sites is 1. The smallest absolute Gasteiger partial charge is 0.250 e. The fourth-order valence-corrected chi connectivity index (χ4v) is 4.26. The molecule has 5 nitrogen and oxygen atoms in total. The first-order valence-electron chi connectivity index (χ1n) is 8.56. The molecule has 1 saturated heterocycles. The van der Waals surface area contributed by atoms with E-state index in [1.165, 1.54) is 0 Å². The Balaban J connectivity index is 1.45. The van der Waals surface area contributed by atoms with Crippen molar-refractivity contribution < 1.29 is 4.79 Å². The lowest BCUT2D eigenvalue weighted by Gasteiger charge is -2.42. The number of carbonyl (C=O) groups excluding carboxylic acids is 1. The quantitative estimate of drug-likeness (QED) is 0.918. The molecular formula is C19H20ClN3O2. The van der Waals surface area contributed by atoms with Gasteiger partial charge in [0.2, 0.25) is 5.91 Å². The third kappa shape index (κ3) is 3.34. The van der Waals surface area contributed by atoms with Crippen LogP contribution in [0.2, 0.25) is 5.02 Å². The molecule has 130 valence electrons. The molecule has 6 heteroatoms. The molecule has 2 aliphatic rings. The van der Waals surface area contributed by atoms with Crippen molar-refractivity contribution in [2.45, 2.75) is 18.9 Å². The Morgan fingerprint density at radius 2 is 1.96 bits per heavy atom. The molecule has 1 fully saturated rings. The van der Waals surface area contributed by atoms with Crippen LogP contribution >= 0.6 is 11.6 Å². The van der Waals surface area contributed by atoms with Crippen molar-refractivity contribution in [2.24, 2.45) is 5.92 Å². The first-order valence-corrected chi connectivity index (χ1v) is 8.94. The third-order valence-corrected chi connectivity index (χ3v) is 5.40. The van der Waals surface area contributed by atoms with Crippen LogP contribution in [0, 0.1) is 5.92 Å². The van der Waals surface area contributed by atoms with Gasteiger partial charge < -0.3 is 9.88 Å².